The number of imidazole rings is 1. The molecule has 0 bridgehead atoms. The van der Waals surface area contributed by atoms with Crippen LogP contribution in [0.1, 0.15) is 10.4 Å². The monoisotopic (exact) mass is 327 g/mol. The molecule has 3 rings (SSSR count). The molecule has 0 N–H and O–H groups in total. The van der Waals surface area contributed by atoms with Gasteiger partial charge in [-0.25, -0.2) is 4.98 Å². The van der Waals surface area contributed by atoms with Crippen LogP contribution in [0, 0.1) is 0 Å². The van der Waals surface area contributed by atoms with Crippen molar-refractivity contribution in [1.29, 1.82) is 0 Å². The number of amides is 1. The van der Waals surface area contributed by atoms with E-state index < -0.39 is 0 Å². The predicted molar refractivity (Wildman–Crippen MR) is 95.3 cm³/mol. The van der Waals surface area contributed by atoms with Crippen molar-refractivity contribution in [2.45, 2.75) is 6.54 Å². The largest absolute Gasteiger partial charge is 0.378 e. The second-order valence-corrected chi connectivity index (χ2v) is 6.38. The number of hydrogen-bond acceptors (Lipinski definition) is 4. The second kappa shape index (κ2) is 7.49. The molecule has 0 saturated carbocycles. The molecule has 1 amide bonds. The molecule has 0 radical (unpaired) electrons. The Hall–Kier alpha value is -2.34. The Kier molecular flexibility index (Phi) is 5.15. The topological polar surface area (TPSA) is 44.6 Å². The van der Waals surface area contributed by atoms with Crippen LogP contribution >= 0.6 is 0 Å². The average Bonchev–Trinajstić information content (AvgIpc) is 3.13. The maximum absolute atomic E-state index is 12.6. The number of carbonyl (C=O) groups is 1. The number of benzene rings is 1. The maximum Gasteiger partial charge on any atom is 0.253 e. The molecule has 1 aliphatic rings. The number of carbonyl (C=O) groups excluding carboxylic acids is 1. The third-order valence-electron chi connectivity index (χ3n) is 4.52. The molecule has 0 unspecified atom stereocenters. The maximum atomic E-state index is 12.6. The van der Waals surface area contributed by atoms with Crippen molar-refractivity contribution in [3.63, 3.8) is 0 Å². The normalized spacial score (nSPS) is 15.5. The lowest BCUT2D eigenvalue weighted by molar-refractivity contribution is 0.0633. The van der Waals surface area contributed by atoms with Crippen molar-refractivity contribution in [3.05, 3.63) is 48.5 Å². The van der Waals surface area contributed by atoms with Gasteiger partial charge in [-0.15, -0.1) is 0 Å². The first kappa shape index (κ1) is 16.5. The van der Waals surface area contributed by atoms with Gasteiger partial charge < -0.3 is 14.4 Å². The van der Waals surface area contributed by atoms with E-state index in [9.17, 15) is 4.79 Å². The summed E-state index contributed by atoms with van der Waals surface area (Å²) in [5.74, 6) is 0.134. The van der Waals surface area contributed by atoms with Gasteiger partial charge in [0.05, 0.1) is 6.33 Å². The summed E-state index contributed by atoms with van der Waals surface area (Å²) in [5.41, 5.74) is 1.88. The quantitative estimate of drug-likeness (QED) is 0.833. The van der Waals surface area contributed by atoms with Crippen LogP contribution in [0.5, 0.6) is 0 Å². The number of piperazine rings is 1. The number of aromatic nitrogens is 2. The van der Waals surface area contributed by atoms with E-state index in [1.807, 2.05) is 60.7 Å². The first-order valence-corrected chi connectivity index (χ1v) is 8.38. The minimum absolute atomic E-state index is 0.134. The van der Waals surface area contributed by atoms with Gasteiger partial charge in [0.2, 0.25) is 0 Å². The van der Waals surface area contributed by atoms with Gasteiger partial charge in [0, 0.05) is 77.0 Å². The van der Waals surface area contributed by atoms with Gasteiger partial charge in [-0.3, -0.25) is 9.69 Å². The zero-order valence-electron chi connectivity index (χ0n) is 14.4. The Morgan fingerprint density at radius 2 is 1.79 bits per heavy atom. The number of hydrogen-bond donors (Lipinski definition) is 0. The van der Waals surface area contributed by atoms with Gasteiger partial charge >= 0.3 is 0 Å². The molecule has 0 aliphatic carbocycles. The number of anilines is 1. The van der Waals surface area contributed by atoms with Crippen LogP contribution in [0.15, 0.2) is 43.0 Å². The Bertz CT molecular complexity index is 643. The van der Waals surface area contributed by atoms with Crippen molar-refractivity contribution < 1.29 is 4.79 Å². The third-order valence-corrected chi connectivity index (χ3v) is 4.52. The van der Waals surface area contributed by atoms with Gasteiger partial charge in [0.1, 0.15) is 0 Å². The Labute approximate surface area is 143 Å². The van der Waals surface area contributed by atoms with E-state index in [4.69, 9.17) is 0 Å². The molecule has 1 aromatic heterocycles. The lowest BCUT2D eigenvalue weighted by Crippen LogP contribution is -2.49. The molecule has 6 heteroatoms. The molecule has 24 heavy (non-hydrogen) atoms. The smallest absolute Gasteiger partial charge is 0.253 e. The minimum Gasteiger partial charge on any atom is -0.378 e. The Morgan fingerprint density at radius 3 is 2.38 bits per heavy atom. The fourth-order valence-corrected chi connectivity index (χ4v) is 2.94. The molecule has 128 valence electrons. The summed E-state index contributed by atoms with van der Waals surface area (Å²) >= 11 is 0. The molecule has 6 nitrogen and oxygen atoms in total. The van der Waals surface area contributed by atoms with Crippen LogP contribution < -0.4 is 4.90 Å². The summed E-state index contributed by atoms with van der Waals surface area (Å²) < 4.78 is 2.09. The second-order valence-electron chi connectivity index (χ2n) is 6.38. The van der Waals surface area contributed by atoms with Gasteiger partial charge in [-0.1, -0.05) is 0 Å². The van der Waals surface area contributed by atoms with Crippen molar-refractivity contribution >= 4 is 11.6 Å². The zero-order chi connectivity index (χ0) is 16.9. The summed E-state index contributed by atoms with van der Waals surface area (Å²) in [6.07, 6.45) is 5.63. The van der Waals surface area contributed by atoms with Crippen molar-refractivity contribution in [1.82, 2.24) is 19.4 Å². The highest BCUT2D eigenvalue weighted by Crippen LogP contribution is 2.15. The molecule has 1 aliphatic heterocycles. The Balaban J connectivity index is 1.49. The molecule has 1 aromatic carbocycles. The molecular formula is C18H25N5O. The van der Waals surface area contributed by atoms with E-state index in [-0.39, 0.29) is 5.91 Å². The first-order valence-electron chi connectivity index (χ1n) is 8.38. The molecule has 1 fully saturated rings. The van der Waals surface area contributed by atoms with Crippen LogP contribution in [0.2, 0.25) is 0 Å². The molecule has 0 atom stereocenters. The Morgan fingerprint density at radius 1 is 1.08 bits per heavy atom. The highest BCUT2D eigenvalue weighted by Gasteiger charge is 2.21. The lowest BCUT2D eigenvalue weighted by Gasteiger charge is -2.34. The molecule has 2 aromatic rings. The minimum atomic E-state index is 0.134. The molecule has 1 saturated heterocycles. The fraction of sp³-hybridized carbons (Fsp3) is 0.444. The average molecular weight is 327 g/mol. The van der Waals surface area contributed by atoms with E-state index in [0.29, 0.717) is 0 Å². The SMILES string of the molecule is CN(C)c1ccc(C(=O)N2CCN(CCn3ccnc3)CC2)cc1. The standard InChI is InChI=1S/C18H25N5O/c1-20(2)17-5-3-16(4-6-17)18(24)23-13-11-21(12-14-23)9-10-22-8-7-19-15-22/h3-8,15H,9-14H2,1-2H3. The van der Waals surface area contributed by atoms with Crippen LogP contribution in [-0.4, -0.2) is 72.1 Å². The zero-order valence-corrected chi connectivity index (χ0v) is 14.4. The fourth-order valence-electron chi connectivity index (χ4n) is 2.94. The first-order chi connectivity index (χ1) is 11.6. The van der Waals surface area contributed by atoms with E-state index in [1.54, 1.807) is 6.20 Å². The van der Waals surface area contributed by atoms with Gasteiger partial charge in [-0.05, 0) is 24.3 Å². The summed E-state index contributed by atoms with van der Waals surface area (Å²) in [7, 11) is 4.00. The van der Waals surface area contributed by atoms with Gasteiger partial charge in [0.15, 0.2) is 0 Å². The van der Waals surface area contributed by atoms with Crippen molar-refractivity contribution in [3.8, 4) is 0 Å². The van der Waals surface area contributed by atoms with Crippen LogP contribution in [0.3, 0.4) is 0 Å². The summed E-state index contributed by atoms with van der Waals surface area (Å²) in [6, 6.07) is 7.83. The van der Waals surface area contributed by atoms with Gasteiger partial charge in [0.25, 0.3) is 5.91 Å². The van der Waals surface area contributed by atoms with E-state index in [1.165, 1.54) is 0 Å². The van der Waals surface area contributed by atoms with E-state index in [2.05, 4.69) is 14.5 Å². The van der Waals surface area contributed by atoms with Crippen LogP contribution in [0.4, 0.5) is 5.69 Å². The van der Waals surface area contributed by atoms with E-state index >= 15 is 0 Å². The van der Waals surface area contributed by atoms with Gasteiger partial charge in [-0.2, -0.15) is 0 Å². The number of nitrogens with zero attached hydrogens (tertiary/aromatic N) is 5. The highest BCUT2D eigenvalue weighted by atomic mass is 16.2. The highest BCUT2D eigenvalue weighted by molar-refractivity contribution is 5.94. The molecule has 0 spiro atoms. The van der Waals surface area contributed by atoms with Crippen LogP contribution in [-0.2, 0) is 6.54 Å². The predicted octanol–water partition coefficient (Wildman–Crippen LogP) is 1.41. The van der Waals surface area contributed by atoms with Crippen molar-refractivity contribution in [2.75, 3.05) is 51.7 Å². The third kappa shape index (κ3) is 3.94. The molecule has 2 heterocycles. The summed E-state index contributed by atoms with van der Waals surface area (Å²) in [4.78, 5) is 23.1. The summed E-state index contributed by atoms with van der Waals surface area (Å²) in [5, 5.41) is 0. The number of rotatable bonds is 5. The van der Waals surface area contributed by atoms with Crippen molar-refractivity contribution in [2.24, 2.45) is 0 Å². The van der Waals surface area contributed by atoms with E-state index in [0.717, 1.165) is 50.5 Å². The van der Waals surface area contributed by atoms with Crippen LogP contribution in [0.25, 0.3) is 0 Å². The molecular weight excluding hydrogens is 302 g/mol. The lowest BCUT2D eigenvalue weighted by atomic mass is 10.1. The summed E-state index contributed by atoms with van der Waals surface area (Å²) in [6.45, 7) is 5.37.